The van der Waals surface area contributed by atoms with Crippen LogP contribution in [0.25, 0.3) is 10.2 Å². The number of hydrogen-bond acceptors (Lipinski definition) is 4. The Morgan fingerprint density at radius 2 is 2.35 bits per heavy atom. The van der Waals surface area contributed by atoms with E-state index in [0.717, 1.165) is 36.5 Å². The zero-order chi connectivity index (χ0) is 14.0. The second kappa shape index (κ2) is 5.50. The number of rotatable bonds is 3. The molecule has 0 spiro atoms. The van der Waals surface area contributed by atoms with Gasteiger partial charge in [-0.15, -0.1) is 11.3 Å². The molecule has 3 rings (SSSR count). The van der Waals surface area contributed by atoms with Crippen LogP contribution in [0.2, 0.25) is 0 Å². The van der Waals surface area contributed by atoms with E-state index in [4.69, 9.17) is 0 Å². The lowest BCUT2D eigenvalue weighted by Gasteiger charge is -2.32. The van der Waals surface area contributed by atoms with Crippen LogP contribution in [0.3, 0.4) is 0 Å². The summed E-state index contributed by atoms with van der Waals surface area (Å²) in [6, 6.07) is 8.06. The molecule has 0 radical (unpaired) electrons. The summed E-state index contributed by atoms with van der Waals surface area (Å²) in [5.74, 6) is 0.129. The van der Waals surface area contributed by atoms with Crippen LogP contribution in [-0.4, -0.2) is 24.0 Å². The lowest BCUT2D eigenvalue weighted by molar-refractivity contribution is -0.131. The van der Waals surface area contributed by atoms with Crippen molar-refractivity contribution in [2.75, 3.05) is 13.1 Å². The van der Waals surface area contributed by atoms with E-state index in [1.54, 1.807) is 11.3 Å². The molecule has 0 aliphatic carbocycles. The standard InChI is InChI=1S/C15H19N3OS/c1-15(7-4-8-16-10-15)14(19)17-9-13-18-11-5-2-3-6-12(11)20-13/h2-3,5-6,16H,4,7-10H2,1H3,(H,17,19). The lowest BCUT2D eigenvalue weighted by atomic mass is 9.82. The Morgan fingerprint density at radius 3 is 3.10 bits per heavy atom. The number of carbonyl (C=O) groups is 1. The summed E-state index contributed by atoms with van der Waals surface area (Å²) in [4.78, 5) is 16.9. The quantitative estimate of drug-likeness (QED) is 0.911. The number of para-hydroxylation sites is 1. The number of thiazole rings is 1. The van der Waals surface area contributed by atoms with Crippen LogP contribution in [0.4, 0.5) is 0 Å². The molecular weight excluding hydrogens is 270 g/mol. The van der Waals surface area contributed by atoms with E-state index in [-0.39, 0.29) is 11.3 Å². The van der Waals surface area contributed by atoms with Crippen LogP contribution in [-0.2, 0) is 11.3 Å². The molecule has 2 heterocycles. The first-order valence-corrected chi connectivity index (χ1v) is 7.82. The fourth-order valence-corrected chi connectivity index (χ4v) is 3.52. The Morgan fingerprint density at radius 1 is 1.50 bits per heavy atom. The summed E-state index contributed by atoms with van der Waals surface area (Å²) in [5.41, 5.74) is 0.724. The van der Waals surface area contributed by atoms with Gasteiger partial charge in [0.1, 0.15) is 5.01 Å². The molecular formula is C15H19N3OS. The zero-order valence-electron chi connectivity index (χ0n) is 11.6. The fourth-order valence-electron chi connectivity index (χ4n) is 2.61. The van der Waals surface area contributed by atoms with Crippen LogP contribution in [0.15, 0.2) is 24.3 Å². The highest BCUT2D eigenvalue weighted by Gasteiger charge is 2.34. The monoisotopic (exact) mass is 289 g/mol. The molecule has 2 aromatic rings. The third-order valence-corrected chi connectivity index (χ3v) is 4.92. The predicted octanol–water partition coefficient (Wildman–Crippen LogP) is 2.30. The highest BCUT2D eigenvalue weighted by molar-refractivity contribution is 7.18. The number of nitrogens with one attached hydrogen (secondary N) is 2. The van der Waals surface area contributed by atoms with Crippen molar-refractivity contribution in [3.05, 3.63) is 29.3 Å². The van der Waals surface area contributed by atoms with Crippen molar-refractivity contribution >= 4 is 27.5 Å². The summed E-state index contributed by atoms with van der Waals surface area (Å²) in [6.07, 6.45) is 2.01. The van der Waals surface area contributed by atoms with Crippen molar-refractivity contribution in [2.45, 2.75) is 26.3 Å². The van der Waals surface area contributed by atoms with Crippen LogP contribution >= 0.6 is 11.3 Å². The van der Waals surface area contributed by atoms with Gasteiger partial charge in [0.15, 0.2) is 0 Å². The van der Waals surface area contributed by atoms with Gasteiger partial charge in [-0.25, -0.2) is 4.98 Å². The molecule has 20 heavy (non-hydrogen) atoms. The lowest BCUT2D eigenvalue weighted by Crippen LogP contribution is -2.48. The molecule has 0 saturated carbocycles. The first-order valence-electron chi connectivity index (χ1n) is 7.01. The summed E-state index contributed by atoms with van der Waals surface area (Å²) in [7, 11) is 0. The number of aromatic nitrogens is 1. The van der Waals surface area contributed by atoms with Gasteiger partial charge in [-0.2, -0.15) is 0 Å². The third-order valence-electron chi connectivity index (χ3n) is 3.88. The zero-order valence-corrected chi connectivity index (χ0v) is 12.4. The summed E-state index contributed by atoms with van der Waals surface area (Å²) >= 11 is 1.64. The van der Waals surface area contributed by atoms with E-state index >= 15 is 0 Å². The Hall–Kier alpha value is -1.46. The van der Waals surface area contributed by atoms with Gasteiger partial charge in [0.05, 0.1) is 22.2 Å². The maximum atomic E-state index is 12.3. The molecule has 1 aromatic carbocycles. The summed E-state index contributed by atoms with van der Waals surface area (Å²) in [6.45, 7) is 4.33. The minimum atomic E-state index is -0.283. The first-order chi connectivity index (χ1) is 9.67. The molecule has 1 atom stereocenters. The van der Waals surface area contributed by atoms with Gasteiger partial charge in [-0.3, -0.25) is 4.79 Å². The van der Waals surface area contributed by atoms with Crippen molar-refractivity contribution in [3.63, 3.8) is 0 Å². The number of benzene rings is 1. The number of fused-ring (bicyclic) bond motifs is 1. The van der Waals surface area contributed by atoms with Crippen molar-refractivity contribution in [3.8, 4) is 0 Å². The topological polar surface area (TPSA) is 54.0 Å². The van der Waals surface area contributed by atoms with E-state index in [2.05, 4.69) is 21.7 Å². The van der Waals surface area contributed by atoms with E-state index < -0.39 is 0 Å². The maximum absolute atomic E-state index is 12.3. The fraction of sp³-hybridized carbons (Fsp3) is 0.467. The molecule has 2 N–H and O–H groups in total. The number of piperidine rings is 1. The molecule has 1 aliphatic heterocycles. The number of hydrogen-bond donors (Lipinski definition) is 2. The molecule has 1 amide bonds. The number of nitrogens with zero attached hydrogens (tertiary/aromatic N) is 1. The van der Waals surface area contributed by atoms with Gasteiger partial charge in [0, 0.05) is 6.54 Å². The summed E-state index contributed by atoms with van der Waals surface area (Å²) in [5, 5.41) is 7.31. The Kier molecular flexibility index (Phi) is 3.72. The molecule has 4 nitrogen and oxygen atoms in total. The van der Waals surface area contributed by atoms with E-state index in [1.165, 1.54) is 4.70 Å². The van der Waals surface area contributed by atoms with Gasteiger partial charge in [0.25, 0.3) is 0 Å². The first kappa shape index (κ1) is 13.5. The minimum absolute atomic E-state index is 0.129. The molecule has 106 valence electrons. The van der Waals surface area contributed by atoms with Gasteiger partial charge in [0.2, 0.25) is 5.91 Å². The maximum Gasteiger partial charge on any atom is 0.227 e. The van der Waals surface area contributed by atoms with Crippen LogP contribution in [0, 0.1) is 5.41 Å². The molecule has 1 fully saturated rings. The van der Waals surface area contributed by atoms with Crippen LogP contribution in [0.1, 0.15) is 24.8 Å². The Labute approximate surface area is 122 Å². The molecule has 0 bridgehead atoms. The minimum Gasteiger partial charge on any atom is -0.349 e. The van der Waals surface area contributed by atoms with Crippen LogP contribution in [0.5, 0.6) is 0 Å². The second-order valence-electron chi connectivity index (χ2n) is 5.60. The highest BCUT2D eigenvalue weighted by Crippen LogP contribution is 2.26. The van der Waals surface area contributed by atoms with Gasteiger partial charge in [-0.1, -0.05) is 12.1 Å². The normalized spacial score (nSPS) is 22.9. The van der Waals surface area contributed by atoms with E-state index in [0.29, 0.717) is 6.54 Å². The van der Waals surface area contributed by atoms with E-state index in [1.807, 2.05) is 25.1 Å². The largest absolute Gasteiger partial charge is 0.349 e. The van der Waals surface area contributed by atoms with E-state index in [9.17, 15) is 4.79 Å². The van der Waals surface area contributed by atoms with Gasteiger partial charge < -0.3 is 10.6 Å². The molecule has 1 unspecified atom stereocenters. The van der Waals surface area contributed by atoms with Gasteiger partial charge >= 0.3 is 0 Å². The van der Waals surface area contributed by atoms with Crippen molar-refractivity contribution in [1.29, 1.82) is 0 Å². The van der Waals surface area contributed by atoms with Crippen molar-refractivity contribution in [2.24, 2.45) is 5.41 Å². The number of carbonyl (C=O) groups excluding carboxylic acids is 1. The smallest absolute Gasteiger partial charge is 0.227 e. The Balaban J connectivity index is 1.65. The highest BCUT2D eigenvalue weighted by atomic mass is 32.1. The van der Waals surface area contributed by atoms with Crippen LogP contribution < -0.4 is 10.6 Å². The van der Waals surface area contributed by atoms with Gasteiger partial charge in [-0.05, 0) is 38.4 Å². The number of amides is 1. The molecule has 5 heteroatoms. The van der Waals surface area contributed by atoms with Crippen molar-refractivity contribution in [1.82, 2.24) is 15.6 Å². The molecule has 1 aromatic heterocycles. The predicted molar refractivity (Wildman–Crippen MR) is 81.7 cm³/mol. The van der Waals surface area contributed by atoms with Crippen molar-refractivity contribution < 1.29 is 4.79 Å². The third kappa shape index (κ3) is 2.69. The second-order valence-corrected chi connectivity index (χ2v) is 6.71. The Bertz CT molecular complexity index is 583. The average Bonchev–Trinajstić information content (AvgIpc) is 2.88. The average molecular weight is 289 g/mol. The molecule has 1 aliphatic rings. The molecule has 1 saturated heterocycles. The SMILES string of the molecule is CC1(C(=O)NCc2nc3ccccc3s2)CCCNC1. The summed E-state index contributed by atoms with van der Waals surface area (Å²) < 4.78 is 1.17.